The molecule has 0 aliphatic carbocycles. The van der Waals surface area contributed by atoms with Crippen molar-refractivity contribution in [3.05, 3.63) is 46.9 Å². The van der Waals surface area contributed by atoms with Crippen molar-refractivity contribution in [3.63, 3.8) is 0 Å². The number of amides is 1. The zero-order chi connectivity index (χ0) is 15.9. The lowest BCUT2D eigenvalue weighted by Crippen LogP contribution is -2.31. The van der Waals surface area contributed by atoms with Gasteiger partial charge in [-0.05, 0) is 39.8 Å². The Balaban J connectivity index is 1.99. The SMILES string of the molecule is Cc1ccc(Nc2nc(C)nc3c2CN(C(C)C)C3=O)cc1. The summed E-state index contributed by atoms with van der Waals surface area (Å²) in [7, 11) is 0. The molecule has 0 radical (unpaired) electrons. The highest BCUT2D eigenvalue weighted by atomic mass is 16.2. The number of hydrogen-bond acceptors (Lipinski definition) is 4. The van der Waals surface area contributed by atoms with Crippen molar-refractivity contribution in [2.45, 2.75) is 40.3 Å². The Hall–Kier alpha value is -2.43. The molecule has 2 aromatic rings. The first-order valence-electron chi connectivity index (χ1n) is 7.48. The highest BCUT2D eigenvalue weighted by Gasteiger charge is 2.33. The lowest BCUT2D eigenvalue weighted by atomic mass is 10.2. The average molecular weight is 296 g/mol. The van der Waals surface area contributed by atoms with Gasteiger partial charge in [-0.1, -0.05) is 17.7 Å². The fourth-order valence-corrected chi connectivity index (χ4v) is 2.59. The van der Waals surface area contributed by atoms with Crippen LogP contribution in [0.5, 0.6) is 0 Å². The van der Waals surface area contributed by atoms with Crippen LogP contribution >= 0.6 is 0 Å². The molecule has 0 saturated carbocycles. The second kappa shape index (κ2) is 5.40. The smallest absolute Gasteiger partial charge is 0.273 e. The fourth-order valence-electron chi connectivity index (χ4n) is 2.59. The summed E-state index contributed by atoms with van der Waals surface area (Å²) in [6.07, 6.45) is 0. The van der Waals surface area contributed by atoms with Crippen molar-refractivity contribution in [2.75, 3.05) is 5.32 Å². The molecular weight excluding hydrogens is 276 g/mol. The first-order chi connectivity index (χ1) is 10.5. The van der Waals surface area contributed by atoms with Crippen LogP contribution in [0.3, 0.4) is 0 Å². The Morgan fingerprint density at radius 3 is 2.45 bits per heavy atom. The van der Waals surface area contributed by atoms with E-state index in [1.165, 1.54) is 5.56 Å². The van der Waals surface area contributed by atoms with E-state index < -0.39 is 0 Å². The molecule has 22 heavy (non-hydrogen) atoms. The van der Waals surface area contributed by atoms with E-state index in [2.05, 4.69) is 22.2 Å². The number of hydrogen-bond donors (Lipinski definition) is 1. The number of aryl methyl sites for hydroxylation is 2. The van der Waals surface area contributed by atoms with Gasteiger partial charge in [-0.25, -0.2) is 9.97 Å². The standard InChI is InChI=1S/C17H20N4O/c1-10(2)21-9-14-15(17(21)22)18-12(4)19-16(14)20-13-7-5-11(3)6-8-13/h5-8,10H,9H2,1-4H3,(H,18,19,20). The Bertz CT molecular complexity index is 722. The number of carbonyl (C=O) groups excluding carboxylic acids is 1. The van der Waals surface area contributed by atoms with Crippen LogP contribution < -0.4 is 5.32 Å². The molecule has 1 aromatic carbocycles. The van der Waals surface area contributed by atoms with Crippen molar-refractivity contribution < 1.29 is 4.79 Å². The van der Waals surface area contributed by atoms with Crippen molar-refractivity contribution in [1.82, 2.24) is 14.9 Å². The summed E-state index contributed by atoms with van der Waals surface area (Å²) in [4.78, 5) is 23.1. The van der Waals surface area contributed by atoms with Gasteiger partial charge in [0.15, 0.2) is 0 Å². The van der Waals surface area contributed by atoms with E-state index in [1.54, 1.807) is 0 Å². The second-order valence-electron chi connectivity index (χ2n) is 5.96. The highest BCUT2D eigenvalue weighted by Crippen LogP contribution is 2.30. The highest BCUT2D eigenvalue weighted by molar-refractivity contribution is 5.98. The van der Waals surface area contributed by atoms with E-state index in [0.717, 1.165) is 17.1 Å². The summed E-state index contributed by atoms with van der Waals surface area (Å²) in [6.45, 7) is 8.44. The van der Waals surface area contributed by atoms with Gasteiger partial charge in [-0.15, -0.1) is 0 Å². The lowest BCUT2D eigenvalue weighted by molar-refractivity contribution is 0.0726. The molecule has 2 heterocycles. The van der Waals surface area contributed by atoms with Crippen LogP contribution in [0.25, 0.3) is 0 Å². The first kappa shape index (κ1) is 14.5. The fraction of sp³-hybridized carbons (Fsp3) is 0.353. The zero-order valence-electron chi connectivity index (χ0n) is 13.3. The molecule has 3 rings (SSSR count). The van der Waals surface area contributed by atoms with Gasteiger partial charge >= 0.3 is 0 Å². The van der Waals surface area contributed by atoms with Gasteiger partial charge in [0.1, 0.15) is 17.3 Å². The maximum absolute atomic E-state index is 12.4. The summed E-state index contributed by atoms with van der Waals surface area (Å²) in [6, 6.07) is 8.26. The number of anilines is 2. The third kappa shape index (κ3) is 2.54. The molecule has 1 aromatic heterocycles. The van der Waals surface area contributed by atoms with Gasteiger partial charge < -0.3 is 10.2 Å². The van der Waals surface area contributed by atoms with Crippen LogP contribution in [-0.4, -0.2) is 26.8 Å². The summed E-state index contributed by atoms with van der Waals surface area (Å²) in [5.41, 5.74) is 3.57. The molecule has 0 fully saturated rings. The lowest BCUT2D eigenvalue weighted by Gasteiger charge is -2.19. The number of rotatable bonds is 3. The predicted molar refractivity (Wildman–Crippen MR) is 86.2 cm³/mol. The minimum atomic E-state index is -0.0116. The molecule has 1 aliphatic rings. The van der Waals surface area contributed by atoms with E-state index in [4.69, 9.17) is 0 Å². The van der Waals surface area contributed by atoms with E-state index in [0.29, 0.717) is 18.1 Å². The summed E-state index contributed by atoms with van der Waals surface area (Å²) in [5.74, 6) is 1.32. The number of nitrogens with zero attached hydrogens (tertiary/aromatic N) is 3. The van der Waals surface area contributed by atoms with E-state index in [9.17, 15) is 4.79 Å². The quantitative estimate of drug-likeness (QED) is 0.945. The summed E-state index contributed by atoms with van der Waals surface area (Å²) in [5, 5.41) is 3.32. The molecule has 1 amide bonds. The van der Waals surface area contributed by atoms with Crippen LogP contribution in [0.2, 0.25) is 0 Å². The van der Waals surface area contributed by atoms with E-state index in [-0.39, 0.29) is 11.9 Å². The van der Waals surface area contributed by atoms with E-state index >= 15 is 0 Å². The minimum Gasteiger partial charge on any atom is -0.340 e. The maximum atomic E-state index is 12.4. The van der Waals surface area contributed by atoms with Gasteiger partial charge in [-0.2, -0.15) is 0 Å². The number of benzene rings is 1. The second-order valence-corrected chi connectivity index (χ2v) is 5.96. The third-order valence-electron chi connectivity index (χ3n) is 3.85. The molecule has 0 saturated heterocycles. The van der Waals surface area contributed by atoms with Gasteiger partial charge in [0.2, 0.25) is 0 Å². The maximum Gasteiger partial charge on any atom is 0.273 e. The van der Waals surface area contributed by atoms with Crippen molar-refractivity contribution in [3.8, 4) is 0 Å². The molecule has 114 valence electrons. The first-order valence-corrected chi connectivity index (χ1v) is 7.48. The van der Waals surface area contributed by atoms with Crippen molar-refractivity contribution in [2.24, 2.45) is 0 Å². The van der Waals surface area contributed by atoms with Gasteiger partial charge in [-0.3, -0.25) is 4.79 Å². The molecule has 0 bridgehead atoms. The number of nitrogens with one attached hydrogen (secondary N) is 1. The molecule has 0 spiro atoms. The van der Waals surface area contributed by atoms with Crippen LogP contribution in [0, 0.1) is 13.8 Å². The Kier molecular flexibility index (Phi) is 3.56. The van der Waals surface area contributed by atoms with Crippen LogP contribution in [0.1, 0.15) is 41.3 Å². The van der Waals surface area contributed by atoms with E-state index in [1.807, 2.05) is 49.9 Å². The summed E-state index contributed by atoms with van der Waals surface area (Å²) >= 11 is 0. The minimum absolute atomic E-state index is 0.0116. The average Bonchev–Trinajstić information content (AvgIpc) is 2.79. The van der Waals surface area contributed by atoms with Gasteiger partial charge in [0, 0.05) is 17.3 Å². The molecule has 0 unspecified atom stereocenters. The zero-order valence-corrected chi connectivity index (χ0v) is 13.3. The number of fused-ring (bicyclic) bond motifs is 1. The Morgan fingerprint density at radius 1 is 1.14 bits per heavy atom. The van der Waals surface area contributed by atoms with Gasteiger partial charge in [0.05, 0.1) is 6.54 Å². The Morgan fingerprint density at radius 2 is 1.82 bits per heavy atom. The third-order valence-corrected chi connectivity index (χ3v) is 3.85. The molecular formula is C17H20N4O. The largest absolute Gasteiger partial charge is 0.340 e. The topological polar surface area (TPSA) is 58.1 Å². The molecule has 1 aliphatic heterocycles. The van der Waals surface area contributed by atoms with Crippen LogP contribution in [0.4, 0.5) is 11.5 Å². The molecule has 0 atom stereocenters. The summed E-state index contributed by atoms with van der Waals surface area (Å²) < 4.78 is 0. The van der Waals surface area contributed by atoms with Crippen molar-refractivity contribution in [1.29, 1.82) is 0 Å². The van der Waals surface area contributed by atoms with Crippen LogP contribution in [0.15, 0.2) is 24.3 Å². The predicted octanol–water partition coefficient (Wildman–Crippen LogP) is 3.20. The van der Waals surface area contributed by atoms with Crippen molar-refractivity contribution >= 4 is 17.4 Å². The van der Waals surface area contributed by atoms with Gasteiger partial charge in [0.25, 0.3) is 5.91 Å². The molecule has 5 heteroatoms. The Labute approximate surface area is 130 Å². The number of aromatic nitrogens is 2. The molecule has 5 nitrogen and oxygen atoms in total. The molecule has 1 N–H and O–H groups in total. The monoisotopic (exact) mass is 296 g/mol. The normalized spacial score (nSPS) is 13.7. The van der Waals surface area contributed by atoms with Crippen LogP contribution in [-0.2, 0) is 6.54 Å². The number of carbonyl (C=O) groups is 1.